The van der Waals surface area contributed by atoms with Crippen LogP contribution in [0.4, 0.5) is 4.79 Å². The number of hydrogen-bond donors (Lipinski definition) is 4. The molecule has 0 heterocycles. The first-order valence-corrected chi connectivity index (χ1v) is 8.21. The van der Waals surface area contributed by atoms with E-state index in [9.17, 15) is 20.1 Å². The minimum Gasteiger partial charge on any atom is -0.507 e. The molecular formula is C19H23NO7. The molecule has 0 aliphatic rings. The van der Waals surface area contributed by atoms with Crippen LogP contribution in [0.3, 0.4) is 0 Å². The Labute approximate surface area is 156 Å². The molecule has 2 unspecified atom stereocenters. The highest BCUT2D eigenvalue weighted by molar-refractivity contribution is 5.67. The zero-order valence-corrected chi connectivity index (χ0v) is 15.1. The molecule has 1 amide bonds. The van der Waals surface area contributed by atoms with E-state index < -0.39 is 18.3 Å². The second-order valence-electron chi connectivity index (χ2n) is 5.72. The Kier molecular flexibility index (Phi) is 7.27. The number of carbonyl (C=O) groups is 1. The van der Waals surface area contributed by atoms with Gasteiger partial charge in [-0.3, -0.25) is 0 Å². The molecule has 0 aliphatic carbocycles. The van der Waals surface area contributed by atoms with Crippen LogP contribution in [-0.2, 0) is 11.3 Å². The van der Waals surface area contributed by atoms with Crippen LogP contribution < -0.4 is 14.8 Å². The van der Waals surface area contributed by atoms with Crippen molar-refractivity contribution in [1.82, 2.24) is 5.32 Å². The Hall–Kier alpha value is -2.97. The van der Waals surface area contributed by atoms with Gasteiger partial charge in [0.25, 0.3) is 0 Å². The van der Waals surface area contributed by atoms with Gasteiger partial charge < -0.3 is 34.8 Å². The van der Waals surface area contributed by atoms with Gasteiger partial charge in [0, 0.05) is 18.7 Å². The molecule has 0 bridgehead atoms. The van der Waals surface area contributed by atoms with Crippen molar-refractivity contribution in [3.63, 3.8) is 0 Å². The van der Waals surface area contributed by atoms with Gasteiger partial charge in [-0.15, -0.1) is 0 Å². The molecule has 146 valence electrons. The van der Waals surface area contributed by atoms with Crippen molar-refractivity contribution in [2.75, 3.05) is 20.8 Å². The first kappa shape index (κ1) is 20.3. The van der Waals surface area contributed by atoms with Crippen molar-refractivity contribution in [3.05, 3.63) is 53.6 Å². The quantitative estimate of drug-likeness (QED) is 0.553. The first-order chi connectivity index (χ1) is 13.0. The summed E-state index contributed by atoms with van der Waals surface area (Å²) in [6.45, 7) is -0.207. The number of benzene rings is 2. The molecule has 0 saturated heterocycles. The third-order valence-electron chi connectivity index (χ3n) is 3.88. The Morgan fingerprint density at radius 1 is 1.11 bits per heavy atom. The number of nitrogens with one attached hydrogen (secondary N) is 1. The fourth-order valence-electron chi connectivity index (χ4n) is 2.44. The summed E-state index contributed by atoms with van der Waals surface area (Å²) in [5.41, 5.74) is 0.811. The standard InChI is InChI=1S/C19H23NO7/c1-25-13-8-14(21)17(16(9-13)26-2)18(23)15(22)10-20-19(24)27-11-12-6-4-3-5-7-12/h3-9,15,18,21-23H,10-11H2,1-2H3,(H,20,24). The van der Waals surface area contributed by atoms with Gasteiger partial charge in [0.1, 0.15) is 36.1 Å². The zero-order valence-electron chi connectivity index (χ0n) is 15.1. The molecular weight excluding hydrogens is 354 g/mol. The summed E-state index contributed by atoms with van der Waals surface area (Å²) in [6.07, 6.45) is -3.64. The fraction of sp³-hybridized carbons (Fsp3) is 0.316. The summed E-state index contributed by atoms with van der Waals surface area (Å²) in [6, 6.07) is 11.9. The molecule has 0 aromatic heterocycles. The number of alkyl carbamates (subject to hydrolysis) is 1. The van der Waals surface area contributed by atoms with Crippen molar-refractivity contribution in [1.29, 1.82) is 0 Å². The summed E-state index contributed by atoms with van der Waals surface area (Å²) in [4.78, 5) is 11.7. The predicted molar refractivity (Wildman–Crippen MR) is 96.8 cm³/mol. The van der Waals surface area contributed by atoms with Crippen LogP contribution in [0, 0.1) is 0 Å². The van der Waals surface area contributed by atoms with Crippen LogP contribution in [0.25, 0.3) is 0 Å². The van der Waals surface area contributed by atoms with Crippen LogP contribution in [0.2, 0.25) is 0 Å². The Balaban J connectivity index is 1.93. The van der Waals surface area contributed by atoms with Gasteiger partial charge >= 0.3 is 6.09 Å². The zero-order chi connectivity index (χ0) is 19.8. The van der Waals surface area contributed by atoms with Crippen molar-refractivity contribution < 1.29 is 34.3 Å². The van der Waals surface area contributed by atoms with E-state index in [2.05, 4.69) is 5.32 Å². The topological polar surface area (TPSA) is 117 Å². The molecule has 2 aromatic carbocycles. The molecule has 8 heteroatoms. The lowest BCUT2D eigenvalue weighted by molar-refractivity contribution is 0.0157. The van der Waals surface area contributed by atoms with E-state index in [4.69, 9.17) is 14.2 Å². The summed E-state index contributed by atoms with van der Waals surface area (Å²) in [5, 5.41) is 33.0. The highest BCUT2D eigenvalue weighted by Crippen LogP contribution is 2.38. The van der Waals surface area contributed by atoms with E-state index in [0.29, 0.717) is 5.75 Å². The monoisotopic (exact) mass is 377 g/mol. The Bertz CT molecular complexity index is 751. The summed E-state index contributed by atoms with van der Waals surface area (Å²) in [5.74, 6) is 0.173. The molecule has 27 heavy (non-hydrogen) atoms. The fourth-order valence-corrected chi connectivity index (χ4v) is 2.44. The summed E-state index contributed by atoms with van der Waals surface area (Å²) < 4.78 is 15.2. The molecule has 0 fully saturated rings. The van der Waals surface area contributed by atoms with Crippen molar-refractivity contribution in [2.45, 2.75) is 18.8 Å². The third-order valence-corrected chi connectivity index (χ3v) is 3.88. The van der Waals surface area contributed by atoms with Gasteiger partial charge in [0.05, 0.1) is 19.8 Å². The van der Waals surface area contributed by atoms with Crippen LogP contribution >= 0.6 is 0 Å². The number of aliphatic hydroxyl groups is 2. The molecule has 4 N–H and O–H groups in total. The van der Waals surface area contributed by atoms with E-state index in [0.717, 1.165) is 5.56 Å². The maximum absolute atomic E-state index is 11.7. The maximum atomic E-state index is 11.7. The molecule has 0 aliphatic heterocycles. The number of carbonyl (C=O) groups excluding carboxylic acids is 1. The number of hydrogen-bond acceptors (Lipinski definition) is 7. The average molecular weight is 377 g/mol. The summed E-state index contributed by atoms with van der Waals surface area (Å²) in [7, 11) is 2.78. The van der Waals surface area contributed by atoms with Crippen molar-refractivity contribution in [3.8, 4) is 17.2 Å². The summed E-state index contributed by atoms with van der Waals surface area (Å²) >= 11 is 0. The van der Waals surface area contributed by atoms with Crippen molar-refractivity contribution in [2.24, 2.45) is 0 Å². The minimum atomic E-state index is -1.50. The molecule has 2 aromatic rings. The van der Waals surface area contributed by atoms with E-state index in [1.54, 1.807) is 0 Å². The number of ether oxygens (including phenoxy) is 3. The van der Waals surface area contributed by atoms with E-state index in [-0.39, 0.29) is 30.2 Å². The Morgan fingerprint density at radius 3 is 2.44 bits per heavy atom. The van der Waals surface area contributed by atoms with Gasteiger partial charge in [-0.1, -0.05) is 30.3 Å². The van der Waals surface area contributed by atoms with Gasteiger partial charge in [-0.2, -0.15) is 0 Å². The largest absolute Gasteiger partial charge is 0.507 e. The lowest BCUT2D eigenvalue weighted by Crippen LogP contribution is -2.35. The van der Waals surface area contributed by atoms with Crippen molar-refractivity contribution >= 4 is 6.09 Å². The predicted octanol–water partition coefficient (Wildman–Crippen LogP) is 1.73. The van der Waals surface area contributed by atoms with Crippen LogP contribution in [0.15, 0.2) is 42.5 Å². The average Bonchev–Trinajstić information content (AvgIpc) is 2.69. The second-order valence-corrected chi connectivity index (χ2v) is 5.72. The van der Waals surface area contributed by atoms with E-state index >= 15 is 0 Å². The minimum absolute atomic E-state index is 0.00903. The normalized spacial score (nSPS) is 12.7. The number of amides is 1. The maximum Gasteiger partial charge on any atom is 0.407 e. The van der Waals surface area contributed by atoms with Crippen LogP contribution in [-0.4, -0.2) is 48.3 Å². The first-order valence-electron chi connectivity index (χ1n) is 8.21. The van der Waals surface area contributed by atoms with Crippen LogP contribution in [0.1, 0.15) is 17.2 Å². The van der Waals surface area contributed by atoms with E-state index in [1.807, 2.05) is 30.3 Å². The molecule has 2 rings (SSSR count). The van der Waals surface area contributed by atoms with Gasteiger partial charge in [0.15, 0.2) is 0 Å². The number of phenolic OH excluding ortho intramolecular Hbond substituents is 1. The number of phenols is 1. The number of aromatic hydroxyl groups is 1. The van der Waals surface area contributed by atoms with Gasteiger partial charge in [-0.05, 0) is 5.56 Å². The third kappa shape index (κ3) is 5.50. The number of rotatable bonds is 8. The van der Waals surface area contributed by atoms with Crippen LogP contribution in [0.5, 0.6) is 17.2 Å². The second kappa shape index (κ2) is 9.65. The number of aliphatic hydroxyl groups excluding tert-OH is 2. The molecule has 0 radical (unpaired) electrons. The Morgan fingerprint density at radius 2 is 1.81 bits per heavy atom. The highest BCUT2D eigenvalue weighted by atomic mass is 16.5. The molecule has 0 saturated carbocycles. The lowest BCUT2D eigenvalue weighted by Gasteiger charge is -2.22. The van der Waals surface area contributed by atoms with Gasteiger partial charge in [-0.25, -0.2) is 4.79 Å². The molecule has 2 atom stereocenters. The lowest BCUT2D eigenvalue weighted by atomic mass is 10.0. The molecule has 0 spiro atoms. The highest BCUT2D eigenvalue weighted by Gasteiger charge is 2.26. The smallest absolute Gasteiger partial charge is 0.407 e. The number of methoxy groups -OCH3 is 2. The SMILES string of the molecule is COc1cc(O)c(C(O)C(O)CNC(=O)OCc2ccccc2)c(OC)c1. The van der Waals surface area contributed by atoms with E-state index in [1.165, 1.54) is 26.4 Å². The molecule has 8 nitrogen and oxygen atoms in total. The van der Waals surface area contributed by atoms with Gasteiger partial charge in [0.2, 0.25) is 0 Å².